The Morgan fingerprint density at radius 1 is 0.918 bits per heavy atom. The van der Waals surface area contributed by atoms with Crippen molar-refractivity contribution < 1.29 is 19.1 Å². The number of amides is 2. The molecular formula is C39H39ClN4O5. The van der Waals surface area contributed by atoms with Crippen molar-refractivity contribution in [3.63, 3.8) is 0 Å². The molecule has 0 saturated heterocycles. The minimum Gasteiger partial charge on any atom is -0.449 e. The fourth-order valence-corrected chi connectivity index (χ4v) is 6.52. The van der Waals surface area contributed by atoms with E-state index in [9.17, 15) is 14.4 Å². The van der Waals surface area contributed by atoms with Gasteiger partial charge < -0.3 is 19.7 Å². The molecule has 1 aliphatic rings. The van der Waals surface area contributed by atoms with Gasteiger partial charge in [-0.25, -0.2) is 14.6 Å². The van der Waals surface area contributed by atoms with E-state index in [1.165, 1.54) is 9.47 Å². The van der Waals surface area contributed by atoms with E-state index >= 15 is 0 Å². The van der Waals surface area contributed by atoms with Gasteiger partial charge in [0.25, 0.3) is 5.56 Å². The average molecular weight is 679 g/mol. The van der Waals surface area contributed by atoms with Crippen LogP contribution >= 0.6 is 11.6 Å². The topological polar surface area (TPSA) is 103 Å². The summed E-state index contributed by atoms with van der Waals surface area (Å²) in [5.41, 5.74) is 4.62. The molecular weight excluding hydrogens is 640 g/mol. The maximum Gasteiger partial charge on any atom is 0.410 e. The fourth-order valence-electron chi connectivity index (χ4n) is 6.27. The Kier molecular flexibility index (Phi) is 9.74. The van der Waals surface area contributed by atoms with Gasteiger partial charge in [-0.05, 0) is 67.1 Å². The van der Waals surface area contributed by atoms with Crippen molar-refractivity contribution in [2.45, 2.75) is 51.3 Å². The molecule has 9 nitrogen and oxygen atoms in total. The highest BCUT2D eigenvalue weighted by Crippen LogP contribution is 2.44. The lowest BCUT2D eigenvalue weighted by atomic mass is 9.98. The lowest BCUT2D eigenvalue weighted by molar-refractivity contribution is 0.0295. The average Bonchev–Trinajstić information content (AvgIpc) is 3.40. The molecule has 10 heteroatoms. The molecule has 49 heavy (non-hydrogen) atoms. The van der Waals surface area contributed by atoms with Gasteiger partial charge in [0.05, 0.1) is 15.9 Å². The van der Waals surface area contributed by atoms with Crippen LogP contribution in [0.25, 0.3) is 22.0 Å². The smallest absolute Gasteiger partial charge is 0.410 e. The van der Waals surface area contributed by atoms with Crippen molar-refractivity contribution >= 4 is 34.7 Å². The van der Waals surface area contributed by atoms with Gasteiger partial charge in [-0.3, -0.25) is 9.36 Å². The number of rotatable bonds is 9. The summed E-state index contributed by atoms with van der Waals surface area (Å²) in [5.74, 6) is 0.203. The molecule has 252 valence electrons. The number of nitrogens with zero attached hydrogens (tertiary/aromatic N) is 3. The molecule has 6 rings (SSSR count). The number of benzene rings is 4. The van der Waals surface area contributed by atoms with Crippen LogP contribution in [0.15, 0.2) is 102 Å². The summed E-state index contributed by atoms with van der Waals surface area (Å²) < 4.78 is 12.9. The first-order valence-electron chi connectivity index (χ1n) is 16.3. The highest BCUT2D eigenvalue weighted by atomic mass is 35.5. The molecule has 1 heterocycles. The van der Waals surface area contributed by atoms with Gasteiger partial charge in [-0.2, -0.15) is 0 Å². The lowest BCUT2D eigenvalue weighted by Crippen LogP contribution is -2.38. The number of halogens is 1. The Morgan fingerprint density at radius 2 is 1.55 bits per heavy atom. The largest absolute Gasteiger partial charge is 0.449 e. The minimum atomic E-state index is -0.837. The molecule has 0 saturated carbocycles. The molecule has 0 fully saturated rings. The summed E-state index contributed by atoms with van der Waals surface area (Å²) in [7, 11) is 1.65. The number of alkyl carbamates (subject to hydrolysis) is 1. The number of ether oxygens (including phenoxy) is 2. The monoisotopic (exact) mass is 678 g/mol. The molecule has 0 unspecified atom stereocenters. The second-order valence-corrected chi connectivity index (χ2v) is 13.5. The van der Waals surface area contributed by atoms with Crippen molar-refractivity contribution in [1.82, 2.24) is 19.8 Å². The van der Waals surface area contributed by atoms with Gasteiger partial charge in [0.15, 0.2) is 0 Å². The summed E-state index contributed by atoms with van der Waals surface area (Å²) >= 11 is 6.52. The third-order valence-corrected chi connectivity index (χ3v) is 8.85. The quantitative estimate of drug-likeness (QED) is 0.170. The summed E-state index contributed by atoms with van der Waals surface area (Å²) in [6.45, 7) is 6.07. The van der Waals surface area contributed by atoms with E-state index in [4.69, 9.17) is 26.1 Å². The van der Waals surface area contributed by atoms with Gasteiger partial charge in [0.2, 0.25) is 0 Å². The normalized spacial score (nSPS) is 13.0. The zero-order chi connectivity index (χ0) is 34.7. The Labute approximate surface area is 290 Å². The molecule has 1 atom stereocenters. The number of carbonyl (C=O) groups excluding carboxylic acids is 2. The summed E-state index contributed by atoms with van der Waals surface area (Å²) in [6, 6.07) is 29.9. The maximum absolute atomic E-state index is 14.1. The minimum absolute atomic E-state index is 0.116. The number of aromatic nitrogens is 2. The van der Waals surface area contributed by atoms with Gasteiger partial charge in [0, 0.05) is 26.1 Å². The maximum atomic E-state index is 14.1. The SMILES string of the molecule is CN(CCCn1c([C@@H](NC(=O)OCC2c3ccccc3-c3ccccc32)c2ccccc2)nc2cccc(Cl)c2c1=O)C(=O)OC(C)(C)C. The Balaban J connectivity index is 1.30. The van der Waals surface area contributed by atoms with E-state index in [1.807, 2.05) is 75.4 Å². The van der Waals surface area contributed by atoms with E-state index in [0.29, 0.717) is 29.9 Å². The second-order valence-electron chi connectivity index (χ2n) is 13.1. The van der Waals surface area contributed by atoms with Crippen LogP contribution in [0.5, 0.6) is 0 Å². The van der Waals surface area contributed by atoms with Gasteiger partial charge in [-0.15, -0.1) is 0 Å². The first-order valence-corrected chi connectivity index (χ1v) is 16.7. The number of fused-ring (bicyclic) bond motifs is 4. The molecule has 4 aromatic carbocycles. The van der Waals surface area contributed by atoms with Crippen molar-refractivity contribution in [3.8, 4) is 11.1 Å². The molecule has 1 aliphatic carbocycles. The van der Waals surface area contributed by atoms with E-state index in [2.05, 4.69) is 29.6 Å². The van der Waals surface area contributed by atoms with Crippen LogP contribution < -0.4 is 10.9 Å². The standard InChI is InChI=1S/C39H39ClN4O5/c1-39(2,3)49-38(47)43(4)22-13-23-44-35(41-32-21-12-20-31(40)33(32)36(44)45)34(25-14-6-5-7-15-25)42-37(46)48-24-30-28-18-10-8-16-26(28)27-17-9-11-19-29(27)30/h5-12,14-21,30,34H,13,22-24H2,1-4H3,(H,42,46)/t34-/m0/s1. The summed E-state index contributed by atoms with van der Waals surface area (Å²) in [4.78, 5) is 46.8. The van der Waals surface area contributed by atoms with Crippen molar-refractivity contribution in [1.29, 1.82) is 0 Å². The highest BCUT2D eigenvalue weighted by Gasteiger charge is 2.30. The lowest BCUT2D eigenvalue weighted by Gasteiger charge is -2.26. The van der Waals surface area contributed by atoms with E-state index < -0.39 is 23.8 Å². The van der Waals surface area contributed by atoms with Crippen LogP contribution in [0.2, 0.25) is 5.02 Å². The number of nitrogens with one attached hydrogen (secondary N) is 1. The van der Waals surface area contributed by atoms with E-state index in [0.717, 1.165) is 22.3 Å². The first kappa shape index (κ1) is 33.7. The predicted octanol–water partition coefficient (Wildman–Crippen LogP) is 7.94. The Hall–Kier alpha value is -5.15. The van der Waals surface area contributed by atoms with Crippen LogP contribution in [0.3, 0.4) is 0 Å². The number of carbonyl (C=O) groups is 2. The fraction of sp³-hybridized carbons (Fsp3) is 0.282. The van der Waals surface area contributed by atoms with E-state index in [1.54, 1.807) is 25.2 Å². The Morgan fingerprint density at radius 3 is 2.20 bits per heavy atom. The van der Waals surface area contributed by atoms with Crippen LogP contribution in [0, 0.1) is 0 Å². The third-order valence-electron chi connectivity index (χ3n) is 8.54. The molecule has 0 radical (unpaired) electrons. The summed E-state index contributed by atoms with van der Waals surface area (Å²) in [5, 5.41) is 3.57. The summed E-state index contributed by atoms with van der Waals surface area (Å²) in [6.07, 6.45) is -0.696. The molecule has 1 N–H and O–H groups in total. The molecule has 2 amide bonds. The zero-order valence-electron chi connectivity index (χ0n) is 28.0. The first-order chi connectivity index (χ1) is 23.5. The van der Waals surface area contributed by atoms with Crippen LogP contribution in [0.1, 0.15) is 61.7 Å². The van der Waals surface area contributed by atoms with Crippen LogP contribution in [-0.4, -0.2) is 52.4 Å². The molecule has 5 aromatic rings. The van der Waals surface area contributed by atoms with Gasteiger partial charge >= 0.3 is 12.2 Å². The molecule has 0 bridgehead atoms. The second kappa shape index (κ2) is 14.1. The van der Waals surface area contributed by atoms with Crippen molar-refractivity contribution in [2.24, 2.45) is 0 Å². The van der Waals surface area contributed by atoms with E-state index in [-0.39, 0.29) is 35.0 Å². The van der Waals surface area contributed by atoms with Crippen molar-refractivity contribution in [3.05, 3.63) is 135 Å². The molecule has 0 aliphatic heterocycles. The highest BCUT2D eigenvalue weighted by molar-refractivity contribution is 6.35. The van der Waals surface area contributed by atoms with Gasteiger partial charge in [-0.1, -0.05) is 96.5 Å². The van der Waals surface area contributed by atoms with Crippen LogP contribution in [-0.2, 0) is 16.0 Å². The number of hydrogen-bond acceptors (Lipinski definition) is 6. The number of hydrogen-bond donors (Lipinski definition) is 1. The third kappa shape index (κ3) is 7.32. The van der Waals surface area contributed by atoms with Crippen LogP contribution in [0.4, 0.5) is 9.59 Å². The van der Waals surface area contributed by atoms with Gasteiger partial charge in [0.1, 0.15) is 24.1 Å². The Bertz CT molecular complexity index is 2010. The predicted molar refractivity (Wildman–Crippen MR) is 191 cm³/mol. The molecule has 1 aromatic heterocycles. The van der Waals surface area contributed by atoms with Crippen molar-refractivity contribution in [2.75, 3.05) is 20.2 Å². The zero-order valence-corrected chi connectivity index (χ0v) is 28.7. The molecule has 0 spiro atoms.